The summed E-state index contributed by atoms with van der Waals surface area (Å²) in [5, 5.41) is -0.123. The van der Waals surface area contributed by atoms with Gasteiger partial charge in [-0.05, 0) is 23.7 Å². The van der Waals surface area contributed by atoms with Crippen LogP contribution >= 0.6 is 11.6 Å². The fourth-order valence-electron chi connectivity index (χ4n) is 1.63. The van der Waals surface area contributed by atoms with Crippen molar-refractivity contribution in [2.24, 2.45) is 0 Å². The Kier molecular flexibility index (Phi) is 3.11. The summed E-state index contributed by atoms with van der Waals surface area (Å²) in [6.07, 6.45) is 4.58. The Morgan fingerprint density at radius 2 is 1.95 bits per heavy atom. The van der Waals surface area contributed by atoms with E-state index in [1.165, 1.54) is 29.2 Å². The first kappa shape index (κ1) is 12.6. The molecular formula is C12H6ClF2N5. The highest BCUT2D eigenvalue weighted by Gasteiger charge is 2.15. The molecule has 0 saturated carbocycles. The third kappa shape index (κ3) is 2.23. The second kappa shape index (κ2) is 4.93. The molecule has 0 atom stereocenters. The van der Waals surface area contributed by atoms with Gasteiger partial charge in [0.15, 0.2) is 17.5 Å². The van der Waals surface area contributed by atoms with Gasteiger partial charge >= 0.3 is 0 Å². The van der Waals surface area contributed by atoms with Gasteiger partial charge in [-0.3, -0.25) is 4.57 Å². The summed E-state index contributed by atoms with van der Waals surface area (Å²) in [4.78, 5) is 15.6. The molecular weight excluding hydrogens is 288 g/mol. The first-order valence-electron chi connectivity index (χ1n) is 5.49. The van der Waals surface area contributed by atoms with Crippen molar-refractivity contribution in [3.8, 4) is 17.3 Å². The Labute approximate surface area is 116 Å². The Balaban J connectivity index is 2.17. The van der Waals surface area contributed by atoms with Gasteiger partial charge in [0, 0.05) is 12.4 Å². The van der Waals surface area contributed by atoms with Crippen LogP contribution in [-0.2, 0) is 0 Å². The molecule has 0 N–H and O–H groups in total. The van der Waals surface area contributed by atoms with Crippen LogP contribution in [0.25, 0.3) is 17.3 Å². The number of halogens is 3. The highest BCUT2D eigenvalue weighted by atomic mass is 35.5. The first-order valence-corrected chi connectivity index (χ1v) is 5.87. The lowest BCUT2D eigenvalue weighted by Gasteiger charge is -2.05. The van der Waals surface area contributed by atoms with Crippen molar-refractivity contribution in [1.82, 2.24) is 24.5 Å². The van der Waals surface area contributed by atoms with Crippen LogP contribution in [0.1, 0.15) is 0 Å². The van der Waals surface area contributed by atoms with Crippen molar-refractivity contribution in [2.75, 3.05) is 0 Å². The maximum Gasteiger partial charge on any atom is 0.239 e. The Bertz CT molecular complexity index is 761. The molecule has 2 aromatic heterocycles. The lowest BCUT2D eigenvalue weighted by molar-refractivity contribution is 0.510. The van der Waals surface area contributed by atoms with E-state index >= 15 is 0 Å². The smallest absolute Gasteiger partial charge is 0.239 e. The van der Waals surface area contributed by atoms with Crippen molar-refractivity contribution >= 4 is 11.6 Å². The van der Waals surface area contributed by atoms with Gasteiger partial charge in [-0.25, -0.2) is 13.8 Å². The molecule has 0 unspecified atom stereocenters. The zero-order valence-electron chi connectivity index (χ0n) is 9.83. The van der Waals surface area contributed by atoms with E-state index < -0.39 is 11.6 Å². The number of nitrogens with zero attached hydrogens (tertiary/aromatic N) is 5. The zero-order chi connectivity index (χ0) is 14.1. The summed E-state index contributed by atoms with van der Waals surface area (Å²) in [5.74, 6) is -1.90. The second-order valence-corrected chi connectivity index (χ2v) is 4.14. The number of hydrogen-bond donors (Lipinski definition) is 0. The number of benzene rings is 1. The van der Waals surface area contributed by atoms with E-state index in [0.717, 1.165) is 6.07 Å². The molecule has 0 radical (unpaired) electrons. The van der Waals surface area contributed by atoms with E-state index in [0.29, 0.717) is 0 Å². The molecule has 3 rings (SSSR count). The molecule has 0 aliphatic heterocycles. The van der Waals surface area contributed by atoms with Crippen molar-refractivity contribution < 1.29 is 8.78 Å². The SMILES string of the molecule is Fc1cccc(-c2nc(Cl)nc(-n3ccnc3)n2)c1F. The van der Waals surface area contributed by atoms with Crippen LogP contribution in [0, 0.1) is 11.6 Å². The molecule has 0 fully saturated rings. The molecule has 0 spiro atoms. The molecule has 20 heavy (non-hydrogen) atoms. The molecule has 0 aliphatic carbocycles. The molecule has 8 heteroatoms. The Morgan fingerprint density at radius 3 is 2.70 bits per heavy atom. The zero-order valence-corrected chi connectivity index (χ0v) is 10.6. The summed E-state index contributed by atoms with van der Waals surface area (Å²) in [6.45, 7) is 0. The van der Waals surface area contributed by atoms with Gasteiger partial charge in [0.25, 0.3) is 0 Å². The van der Waals surface area contributed by atoms with E-state index in [-0.39, 0.29) is 22.6 Å². The van der Waals surface area contributed by atoms with Crippen LogP contribution in [0.4, 0.5) is 8.78 Å². The fraction of sp³-hybridized carbons (Fsp3) is 0. The van der Waals surface area contributed by atoms with Gasteiger partial charge in [-0.1, -0.05) is 6.07 Å². The van der Waals surface area contributed by atoms with E-state index in [9.17, 15) is 8.78 Å². The number of rotatable bonds is 2. The normalized spacial score (nSPS) is 10.8. The van der Waals surface area contributed by atoms with E-state index in [2.05, 4.69) is 19.9 Å². The van der Waals surface area contributed by atoms with Crippen LogP contribution in [0.15, 0.2) is 36.9 Å². The highest BCUT2D eigenvalue weighted by Crippen LogP contribution is 2.22. The highest BCUT2D eigenvalue weighted by molar-refractivity contribution is 6.28. The largest absolute Gasteiger partial charge is 0.274 e. The van der Waals surface area contributed by atoms with Crippen LogP contribution in [-0.4, -0.2) is 24.5 Å². The van der Waals surface area contributed by atoms with Gasteiger partial charge in [0.05, 0.1) is 5.56 Å². The van der Waals surface area contributed by atoms with Gasteiger partial charge < -0.3 is 0 Å². The van der Waals surface area contributed by atoms with Gasteiger partial charge in [0.1, 0.15) is 6.33 Å². The first-order chi connectivity index (χ1) is 9.65. The molecule has 0 aliphatic rings. The van der Waals surface area contributed by atoms with Crippen LogP contribution < -0.4 is 0 Å². The van der Waals surface area contributed by atoms with E-state index in [1.807, 2.05) is 0 Å². The lowest BCUT2D eigenvalue weighted by Crippen LogP contribution is -2.04. The minimum absolute atomic E-state index is 0.0503. The molecule has 100 valence electrons. The summed E-state index contributed by atoms with van der Waals surface area (Å²) in [7, 11) is 0. The predicted octanol–water partition coefficient (Wildman–Crippen LogP) is 2.66. The number of aromatic nitrogens is 5. The van der Waals surface area contributed by atoms with Crippen molar-refractivity contribution in [3.05, 3.63) is 53.8 Å². The topological polar surface area (TPSA) is 56.5 Å². The molecule has 5 nitrogen and oxygen atoms in total. The monoisotopic (exact) mass is 293 g/mol. The number of imidazole rings is 1. The van der Waals surface area contributed by atoms with Crippen molar-refractivity contribution in [2.45, 2.75) is 0 Å². The maximum absolute atomic E-state index is 13.8. The van der Waals surface area contributed by atoms with Crippen LogP contribution in [0.5, 0.6) is 0 Å². The third-order valence-corrected chi connectivity index (χ3v) is 2.69. The summed E-state index contributed by atoms with van der Waals surface area (Å²) in [5.41, 5.74) is -0.0873. The van der Waals surface area contributed by atoms with Gasteiger partial charge in [-0.15, -0.1) is 0 Å². The minimum atomic E-state index is -1.04. The lowest BCUT2D eigenvalue weighted by atomic mass is 10.2. The van der Waals surface area contributed by atoms with Gasteiger partial charge in [-0.2, -0.15) is 15.0 Å². The minimum Gasteiger partial charge on any atom is -0.274 e. The summed E-state index contributed by atoms with van der Waals surface area (Å²) in [6, 6.07) is 3.74. The molecule has 2 heterocycles. The van der Waals surface area contributed by atoms with Crippen LogP contribution in [0.2, 0.25) is 5.28 Å². The quantitative estimate of drug-likeness (QED) is 0.729. The van der Waals surface area contributed by atoms with Crippen molar-refractivity contribution in [3.63, 3.8) is 0 Å². The predicted molar refractivity (Wildman–Crippen MR) is 67.3 cm³/mol. The molecule has 3 aromatic rings. The average molecular weight is 294 g/mol. The number of hydrogen-bond acceptors (Lipinski definition) is 4. The maximum atomic E-state index is 13.8. The Morgan fingerprint density at radius 1 is 1.10 bits per heavy atom. The van der Waals surface area contributed by atoms with Crippen molar-refractivity contribution in [1.29, 1.82) is 0 Å². The molecule has 0 saturated heterocycles. The average Bonchev–Trinajstić information content (AvgIpc) is 2.95. The molecule has 0 bridgehead atoms. The standard InChI is InChI=1S/C12H6ClF2N5/c13-11-17-10(7-2-1-3-8(14)9(7)15)18-12(19-11)20-5-4-16-6-20/h1-6H. The van der Waals surface area contributed by atoms with Gasteiger partial charge in [0.2, 0.25) is 11.2 Å². The fourth-order valence-corrected chi connectivity index (χ4v) is 1.79. The summed E-state index contributed by atoms with van der Waals surface area (Å²) < 4.78 is 28.5. The third-order valence-electron chi connectivity index (χ3n) is 2.52. The second-order valence-electron chi connectivity index (χ2n) is 3.80. The van der Waals surface area contributed by atoms with E-state index in [1.54, 1.807) is 6.20 Å². The summed E-state index contributed by atoms with van der Waals surface area (Å²) >= 11 is 5.80. The molecule has 1 aromatic carbocycles. The molecule has 0 amide bonds. The van der Waals surface area contributed by atoms with Crippen LogP contribution in [0.3, 0.4) is 0 Å². The van der Waals surface area contributed by atoms with E-state index in [4.69, 9.17) is 11.6 Å². The Hall–Kier alpha value is -2.41.